The minimum atomic E-state index is -0.375. The van der Waals surface area contributed by atoms with Gasteiger partial charge in [-0.05, 0) is 6.42 Å². The van der Waals surface area contributed by atoms with Gasteiger partial charge in [-0.15, -0.1) is 11.3 Å². The molecule has 2 nitrogen and oxygen atoms in total. The van der Waals surface area contributed by atoms with Crippen LogP contribution in [0.5, 0.6) is 0 Å². The van der Waals surface area contributed by atoms with Gasteiger partial charge in [0.25, 0.3) is 0 Å². The molecule has 1 heterocycles. The molecule has 1 N–H and O–H groups in total. The van der Waals surface area contributed by atoms with E-state index in [9.17, 15) is 5.11 Å². The van der Waals surface area contributed by atoms with Crippen LogP contribution in [0.4, 0.5) is 0 Å². The average Bonchev–Trinajstić information content (AvgIpc) is 2.78. The number of aliphatic hydroxyl groups is 1. The van der Waals surface area contributed by atoms with Crippen molar-refractivity contribution in [1.29, 1.82) is 0 Å². The van der Waals surface area contributed by atoms with Crippen LogP contribution in [-0.4, -0.2) is 10.1 Å². The lowest BCUT2D eigenvalue weighted by molar-refractivity contribution is 0.177. The number of aliphatic hydroxyl groups excluding tert-OH is 1. The Morgan fingerprint density at radius 3 is 2.73 bits per heavy atom. The zero-order valence-corrected chi connectivity index (χ0v) is 9.37. The lowest BCUT2D eigenvalue weighted by atomic mass is 10.2. The van der Waals surface area contributed by atoms with Gasteiger partial charge in [-0.1, -0.05) is 37.3 Å². The van der Waals surface area contributed by atoms with Crippen molar-refractivity contribution in [3.63, 3.8) is 0 Å². The van der Waals surface area contributed by atoms with Crippen LogP contribution in [0.3, 0.4) is 0 Å². The third-order valence-corrected chi connectivity index (χ3v) is 3.41. The van der Waals surface area contributed by atoms with E-state index >= 15 is 0 Å². The summed E-state index contributed by atoms with van der Waals surface area (Å²) in [6.07, 6.45) is 2.12. The van der Waals surface area contributed by atoms with E-state index in [0.717, 1.165) is 21.9 Å². The molecular weight excluding hydrogens is 206 g/mol. The number of rotatable bonds is 3. The van der Waals surface area contributed by atoms with Crippen molar-refractivity contribution in [2.45, 2.75) is 19.4 Å². The molecule has 0 aliphatic rings. The monoisotopic (exact) mass is 219 g/mol. The van der Waals surface area contributed by atoms with Crippen LogP contribution in [0.15, 0.2) is 36.5 Å². The molecule has 0 aliphatic carbocycles. The van der Waals surface area contributed by atoms with Crippen LogP contribution in [0.1, 0.15) is 24.3 Å². The smallest absolute Gasteiger partial charge is 0.123 e. The van der Waals surface area contributed by atoms with Crippen molar-refractivity contribution < 1.29 is 5.11 Å². The maximum Gasteiger partial charge on any atom is 0.123 e. The number of aromatic nitrogens is 1. The van der Waals surface area contributed by atoms with Crippen molar-refractivity contribution in [2.75, 3.05) is 0 Å². The normalized spacial score (nSPS) is 12.7. The van der Waals surface area contributed by atoms with Gasteiger partial charge in [-0.2, -0.15) is 0 Å². The number of hydrogen-bond acceptors (Lipinski definition) is 3. The molecule has 2 rings (SSSR count). The number of nitrogens with zero attached hydrogens (tertiary/aromatic N) is 1. The highest BCUT2D eigenvalue weighted by molar-refractivity contribution is 7.15. The Hall–Kier alpha value is -1.19. The van der Waals surface area contributed by atoms with E-state index in [2.05, 4.69) is 4.98 Å². The first kappa shape index (κ1) is 10.3. The van der Waals surface area contributed by atoms with Gasteiger partial charge in [0.1, 0.15) is 5.01 Å². The van der Waals surface area contributed by atoms with Crippen molar-refractivity contribution in [1.82, 2.24) is 4.98 Å². The van der Waals surface area contributed by atoms with Crippen LogP contribution in [0.25, 0.3) is 10.6 Å². The maximum absolute atomic E-state index is 9.66. The maximum atomic E-state index is 9.66. The highest BCUT2D eigenvalue weighted by atomic mass is 32.1. The van der Waals surface area contributed by atoms with Crippen molar-refractivity contribution >= 4 is 11.3 Å². The summed E-state index contributed by atoms with van der Waals surface area (Å²) in [4.78, 5) is 5.26. The van der Waals surface area contributed by atoms with Crippen molar-refractivity contribution in [3.05, 3.63) is 41.4 Å². The second kappa shape index (κ2) is 4.55. The fourth-order valence-corrected chi connectivity index (χ4v) is 2.35. The molecule has 0 saturated heterocycles. The molecule has 0 radical (unpaired) electrons. The molecule has 0 spiro atoms. The van der Waals surface area contributed by atoms with E-state index in [1.165, 1.54) is 0 Å². The Balaban J connectivity index is 2.28. The standard InChI is InChI=1S/C12H13NOS/c1-2-10(14)11-8-13-12(15-11)9-6-4-3-5-7-9/h3-8,10,14H,2H2,1H3. The Morgan fingerprint density at radius 2 is 2.07 bits per heavy atom. The second-order valence-electron chi connectivity index (χ2n) is 3.36. The summed E-state index contributed by atoms with van der Waals surface area (Å²) >= 11 is 1.56. The molecular formula is C12H13NOS. The predicted octanol–water partition coefficient (Wildman–Crippen LogP) is 3.25. The number of hydrogen-bond donors (Lipinski definition) is 1. The minimum absolute atomic E-state index is 0.375. The molecule has 0 bridgehead atoms. The molecule has 2 aromatic rings. The van der Waals surface area contributed by atoms with E-state index in [1.54, 1.807) is 17.5 Å². The van der Waals surface area contributed by atoms with Crippen LogP contribution in [0, 0.1) is 0 Å². The topological polar surface area (TPSA) is 33.1 Å². The van der Waals surface area contributed by atoms with Gasteiger partial charge >= 0.3 is 0 Å². The van der Waals surface area contributed by atoms with Gasteiger partial charge in [-0.25, -0.2) is 4.98 Å². The minimum Gasteiger partial charge on any atom is -0.388 e. The summed E-state index contributed by atoms with van der Waals surface area (Å²) < 4.78 is 0. The number of benzene rings is 1. The molecule has 15 heavy (non-hydrogen) atoms. The molecule has 1 unspecified atom stereocenters. The number of thiazole rings is 1. The first-order chi connectivity index (χ1) is 7.31. The van der Waals surface area contributed by atoms with Gasteiger partial charge in [0.15, 0.2) is 0 Å². The van der Waals surface area contributed by atoms with Crippen LogP contribution >= 0.6 is 11.3 Å². The van der Waals surface area contributed by atoms with Gasteiger partial charge < -0.3 is 5.11 Å². The fraction of sp³-hybridized carbons (Fsp3) is 0.250. The second-order valence-corrected chi connectivity index (χ2v) is 4.42. The molecule has 0 amide bonds. The van der Waals surface area contributed by atoms with Crippen LogP contribution in [0.2, 0.25) is 0 Å². The van der Waals surface area contributed by atoms with E-state index in [-0.39, 0.29) is 6.10 Å². The summed E-state index contributed by atoms with van der Waals surface area (Å²) in [5, 5.41) is 10.6. The highest BCUT2D eigenvalue weighted by Crippen LogP contribution is 2.29. The Bertz CT molecular complexity index is 424. The Labute approximate surface area is 93.2 Å². The third kappa shape index (κ3) is 2.25. The zero-order chi connectivity index (χ0) is 10.7. The Morgan fingerprint density at radius 1 is 1.33 bits per heavy atom. The summed E-state index contributed by atoms with van der Waals surface area (Å²) in [6, 6.07) is 10.0. The lowest BCUT2D eigenvalue weighted by Gasteiger charge is -2.01. The van der Waals surface area contributed by atoms with E-state index in [4.69, 9.17) is 0 Å². The zero-order valence-electron chi connectivity index (χ0n) is 8.55. The van der Waals surface area contributed by atoms with Crippen LogP contribution < -0.4 is 0 Å². The molecule has 0 fully saturated rings. The van der Waals surface area contributed by atoms with E-state index in [0.29, 0.717) is 0 Å². The predicted molar refractivity (Wildman–Crippen MR) is 62.8 cm³/mol. The van der Waals surface area contributed by atoms with E-state index in [1.807, 2.05) is 37.3 Å². The molecule has 1 atom stereocenters. The molecule has 0 saturated carbocycles. The Kier molecular flexibility index (Phi) is 3.14. The van der Waals surface area contributed by atoms with E-state index < -0.39 is 0 Å². The molecule has 1 aromatic heterocycles. The van der Waals surface area contributed by atoms with Crippen molar-refractivity contribution in [3.8, 4) is 10.6 Å². The molecule has 0 aliphatic heterocycles. The lowest BCUT2D eigenvalue weighted by Crippen LogP contribution is -1.89. The third-order valence-electron chi connectivity index (χ3n) is 2.26. The summed E-state index contributed by atoms with van der Waals surface area (Å²) in [5.74, 6) is 0. The van der Waals surface area contributed by atoms with Crippen LogP contribution in [-0.2, 0) is 0 Å². The van der Waals surface area contributed by atoms with Crippen molar-refractivity contribution in [2.24, 2.45) is 0 Å². The summed E-state index contributed by atoms with van der Waals surface area (Å²) in [6.45, 7) is 1.96. The van der Waals surface area contributed by atoms with Gasteiger partial charge in [0.05, 0.1) is 11.0 Å². The fourth-order valence-electron chi connectivity index (χ4n) is 1.36. The summed E-state index contributed by atoms with van der Waals surface area (Å²) in [7, 11) is 0. The molecule has 78 valence electrons. The highest BCUT2D eigenvalue weighted by Gasteiger charge is 2.10. The first-order valence-electron chi connectivity index (χ1n) is 5.00. The van der Waals surface area contributed by atoms with Gasteiger partial charge in [0.2, 0.25) is 0 Å². The SMILES string of the molecule is CCC(O)c1cnc(-c2ccccc2)s1. The van der Waals surface area contributed by atoms with Gasteiger partial charge in [0, 0.05) is 11.8 Å². The summed E-state index contributed by atoms with van der Waals surface area (Å²) in [5.41, 5.74) is 1.11. The van der Waals surface area contributed by atoms with Gasteiger partial charge in [-0.3, -0.25) is 0 Å². The molecule has 1 aromatic carbocycles. The molecule has 3 heteroatoms. The average molecular weight is 219 g/mol. The quantitative estimate of drug-likeness (QED) is 0.859. The largest absolute Gasteiger partial charge is 0.388 e. The first-order valence-corrected chi connectivity index (χ1v) is 5.82.